The number of alkyl halides is 3. The molecule has 3 fully saturated rings. The van der Waals surface area contributed by atoms with Gasteiger partial charge >= 0.3 is 6.18 Å². The summed E-state index contributed by atoms with van der Waals surface area (Å²) in [6.07, 6.45) is 2.14. The molecule has 0 amide bonds. The molecular weight excluding hydrogens is 329 g/mol. The van der Waals surface area contributed by atoms with Crippen molar-refractivity contribution in [2.75, 3.05) is 0 Å². The summed E-state index contributed by atoms with van der Waals surface area (Å²) in [6.45, 7) is 2.20. The van der Waals surface area contributed by atoms with Crippen LogP contribution < -0.4 is 10.9 Å². The van der Waals surface area contributed by atoms with Crippen LogP contribution in [0.15, 0.2) is 29.8 Å². The van der Waals surface area contributed by atoms with Crippen LogP contribution in [0.4, 0.5) is 13.2 Å². The van der Waals surface area contributed by atoms with Gasteiger partial charge < -0.3 is 5.11 Å². The lowest BCUT2D eigenvalue weighted by Crippen LogP contribution is -2.37. The first kappa shape index (κ1) is 17.1. The van der Waals surface area contributed by atoms with E-state index in [9.17, 15) is 18.3 Å². The molecule has 0 bridgehead atoms. The number of hydrogen-bond acceptors (Lipinski definition) is 3. The van der Waals surface area contributed by atoms with Crippen LogP contribution in [0.25, 0.3) is 6.08 Å². The molecule has 3 nitrogen and oxygen atoms in total. The van der Waals surface area contributed by atoms with E-state index in [-0.39, 0.29) is 23.0 Å². The molecule has 25 heavy (non-hydrogen) atoms. The molecule has 2 aliphatic carbocycles. The Morgan fingerprint density at radius 3 is 2.68 bits per heavy atom. The van der Waals surface area contributed by atoms with Gasteiger partial charge in [-0.3, -0.25) is 0 Å². The Hall–Kier alpha value is -1.37. The van der Waals surface area contributed by atoms with Crippen LogP contribution in [0.5, 0.6) is 0 Å². The Balaban J connectivity index is 1.66. The van der Waals surface area contributed by atoms with Gasteiger partial charge in [-0.15, -0.1) is 0 Å². The van der Waals surface area contributed by atoms with Crippen LogP contribution in [0.3, 0.4) is 0 Å². The first-order chi connectivity index (χ1) is 11.8. The number of nitrogens with one attached hydrogen (secondary N) is 2. The molecule has 0 unspecified atom stereocenters. The molecule has 1 heterocycles. The third kappa shape index (κ3) is 2.62. The summed E-state index contributed by atoms with van der Waals surface area (Å²) in [6, 6.07) is 6.61. The van der Waals surface area contributed by atoms with Crippen molar-refractivity contribution in [2.24, 2.45) is 11.3 Å². The van der Waals surface area contributed by atoms with E-state index in [1.807, 2.05) is 12.1 Å². The van der Waals surface area contributed by atoms with Crippen LogP contribution in [0.1, 0.15) is 50.2 Å². The van der Waals surface area contributed by atoms with Gasteiger partial charge in [0.2, 0.25) is 5.66 Å². The number of aliphatic hydroxyl groups excluding tert-OH is 1. The predicted molar refractivity (Wildman–Crippen MR) is 89.1 cm³/mol. The highest BCUT2D eigenvalue weighted by molar-refractivity contribution is 5.57. The molecular formula is C19H23F3N2O. The van der Waals surface area contributed by atoms with Crippen molar-refractivity contribution in [2.45, 2.75) is 57.0 Å². The monoisotopic (exact) mass is 352 g/mol. The number of benzene rings is 1. The quantitative estimate of drug-likeness (QED) is 0.709. The smallest absolute Gasteiger partial charge is 0.393 e. The molecule has 1 aromatic rings. The highest BCUT2D eigenvalue weighted by Crippen LogP contribution is 2.55. The Labute approximate surface area is 145 Å². The average molecular weight is 352 g/mol. The normalized spacial score (nSPS) is 35.6. The van der Waals surface area contributed by atoms with E-state index in [4.69, 9.17) is 0 Å². The number of fused-ring (bicyclic) bond motifs is 1. The first-order valence-corrected chi connectivity index (χ1v) is 8.87. The minimum atomic E-state index is -4.39. The fourth-order valence-corrected chi connectivity index (χ4v) is 4.81. The fourth-order valence-electron chi connectivity index (χ4n) is 4.81. The van der Waals surface area contributed by atoms with Gasteiger partial charge in [0.25, 0.3) is 0 Å². The summed E-state index contributed by atoms with van der Waals surface area (Å²) in [7, 11) is 0. The van der Waals surface area contributed by atoms with E-state index >= 15 is 0 Å². The molecule has 4 rings (SSSR count). The summed E-state index contributed by atoms with van der Waals surface area (Å²) in [5.74, 6) is 0.268. The van der Waals surface area contributed by atoms with Crippen LogP contribution in [-0.4, -0.2) is 17.4 Å². The van der Waals surface area contributed by atoms with Gasteiger partial charge in [-0.2, -0.15) is 13.2 Å². The second-order valence-electron chi connectivity index (χ2n) is 7.82. The second kappa shape index (κ2) is 5.56. The first-order valence-electron chi connectivity index (χ1n) is 8.87. The van der Waals surface area contributed by atoms with Crippen LogP contribution in [0.2, 0.25) is 0 Å². The largest absolute Gasteiger partial charge is 0.426 e. The fraction of sp³-hybridized carbons (Fsp3) is 0.579. The van der Waals surface area contributed by atoms with Crippen molar-refractivity contribution in [3.63, 3.8) is 0 Å². The molecule has 2 saturated carbocycles. The number of hydrazine groups is 1. The molecule has 6 heteroatoms. The topological polar surface area (TPSA) is 64.1 Å². The minimum Gasteiger partial charge on any atom is -0.393 e. The Kier molecular flexibility index (Phi) is 3.80. The van der Waals surface area contributed by atoms with E-state index in [1.165, 1.54) is 11.6 Å². The third-order valence-electron chi connectivity index (χ3n) is 6.40. The van der Waals surface area contributed by atoms with E-state index in [0.717, 1.165) is 37.7 Å². The van der Waals surface area contributed by atoms with Gasteiger partial charge in [-0.1, -0.05) is 36.8 Å². The van der Waals surface area contributed by atoms with Crippen molar-refractivity contribution in [3.05, 3.63) is 41.0 Å². The highest BCUT2D eigenvalue weighted by atomic mass is 19.4. The predicted octanol–water partition coefficient (Wildman–Crippen LogP) is 3.85. The van der Waals surface area contributed by atoms with Gasteiger partial charge in [-0.25, -0.2) is 10.9 Å². The van der Waals surface area contributed by atoms with E-state index < -0.39 is 11.8 Å². The van der Waals surface area contributed by atoms with Crippen molar-refractivity contribution in [1.82, 2.24) is 10.9 Å². The maximum Gasteiger partial charge on any atom is 0.426 e. The average Bonchev–Trinajstić information content (AvgIpc) is 3.29. The van der Waals surface area contributed by atoms with Gasteiger partial charge in [0, 0.05) is 0 Å². The lowest BCUT2D eigenvalue weighted by Gasteiger charge is -2.40. The molecule has 1 saturated heterocycles. The van der Waals surface area contributed by atoms with Crippen molar-refractivity contribution < 1.29 is 18.3 Å². The lowest BCUT2D eigenvalue weighted by molar-refractivity contribution is -0.165. The molecule has 0 radical (unpaired) electrons. The summed E-state index contributed by atoms with van der Waals surface area (Å²) in [5, 5.41) is 10.3. The van der Waals surface area contributed by atoms with E-state index in [0.29, 0.717) is 0 Å². The number of rotatable bonds is 2. The number of hydrogen-bond donors (Lipinski definition) is 3. The zero-order valence-corrected chi connectivity index (χ0v) is 14.2. The van der Waals surface area contributed by atoms with Crippen molar-refractivity contribution in [1.29, 1.82) is 0 Å². The van der Waals surface area contributed by atoms with Crippen LogP contribution in [-0.2, 0) is 5.66 Å². The van der Waals surface area contributed by atoms with Crippen LogP contribution in [0, 0.1) is 11.3 Å². The van der Waals surface area contributed by atoms with Crippen molar-refractivity contribution in [3.8, 4) is 0 Å². The Bertz CT molecular complexity index is 711. The molecule has 3 aliphatic rings. The minimum absolute atomic E-state index is 0.0362. The van der Waals surface area contributed by atoms with Crippen LogP contribution >= 0.6 is 0 Å². The maximum atomic E-state index is 13.3. The second-order valence-corrected chi connectivity index (χ2v) is 7.82. The van der Waals surface area contributed by atoms with E-state index in [2.05, 4.69) is 17.8 Å². The Morgan fingerprint density at radius 2 is 2.00 bits per heavy atom. The molecule has 0 aromatic heterocycles. The zero-order chi connectivity index (χ0) is 17.9. The van der Waals surface area contributed by atoms with Gasteiger partial charge in [0.15, 0.2) is 0 Å². The molecule has 1 aromatic carbocycles. The number of aliphatic hydroxyl groups is 1. The lowest BCUT2D eigenvalue weighted by atomic mass is 9.66. The summed E-state index contributed by atoms with van der Waals surface area (Å²) >= 11 is 0. The summed E-state index contributed by atoms with van der Waals surface area (Å²) in [5.41, 5.74) is 4.57. The zero-order valence-electron chi connectivity index (χ0n) is 14.2. The number of halogens is 3. The third-order valence-corrected chi connectivity index (χ3v) is 6.40. The van der Waals surface area contributed by atoms with Gasteiger partial charge in [0.1, 0.15) is 0 Å². The van der Waals surface area contributed by atoms with E-state index in [1.54, 1.807) is 12.1 Å². The van der Waals surface area contributed by atoms with Crippen molar-refractivity contribution >= 4 is 6.08 Å². The molecule has 136 valence electrons. The SMILES string of the molecule is C[C@]12CCC[C@H](O)[C@@H]1CC/C2=C/c1cccc(C2(C(F)(F)F)NN2)c1. The maximum absolute atomic E-state index is 13.3. The van der Waals surface area contributed by atoms with Gasteiger partial charge in [0.05, 0.1) is 6.10 Å². The van der Waals surface area contributed by atoms with Gasteiger partial charge in [-0.05, 0) is 60.6 Å². The number of allylic oxidation sites excluding steroid dienone is 1. The molecule has 1 aliphatic heterocycles. The summed E-state index contributed by atoms with van der Waals surface area (Å²) in [4.78, 5) is 0. The molecule has 3 N–H and O–H groups in total. The standard InChI is InChI=1S/C19H23F3N2O/c1-17-9-3-6-16(25)15(17)8-7-13(17)10-12-4-2-5-14(11-12)18(23-24-18)19(20,21)22/h2,4-5,10-11,15-16,23-25H,3,6-9H2,1H3/b13-10-/t15-,16-,17+/m0/s1. The Morgan fingerprint density at radius 1 is 1.24 bits per heavy atom. The highest BCUT2D eigenvalue weighted by Gasteiger charge is 2.65. The molecule has 0 spiro atoms. The summed E-state index contributed by atoms with van der Waals surface area (Å²) < 4.78 is 39.8. The molecule has 3 atom stereocenters.